The SMILES string of the molecule is CCC1COC(C)CN1C(=O)C1CC2CCCC(C1)C2N. The van der Waals surface area contributed by atoms with Gasteiger partial charge in [0.2, 0.25) is 5.91 Å². The molecule has 1 heterocycles. The largest absolute Gasteiger partial charge is 0.375 e. The van der Waals surface area contributed by atoms with Gasteiger partial charge in [0.15, 0.2) is 0 Å². The highest BCUT2D eigenvalue weighted by atomic mass is 16.5. The van der Waals surface area contributed by atoms with Gasteiger partial charge in [-0.15, -0.1) is 0 Å². The fourth-order valence-electron chi connectivity index (χ4n) is 4.68. The summed E-state index contributed by atoms with van der Waals surface area (Å²) >= 11 is 0. The Bertz CT molecular complexity index is 373. The van der Waals surface area contributed by atoms with Crippen LogP contribution in [0.3, 0.4) is 0 Å². The van der Waals surface area contributed by atoms with Gasteiger partial charge in [0.05, 0.1) is 18.8 Å². The molecule has 21 heavy (non-hydrogen) atoms. The molecule has 1 saturated heterocycles. The second kappa shape index (κ2) is 6.25. The monoisotopic (exact) mass is 294 g/mol. The maximum atomic E-state index is 13.0. The summed E-state index contributed by atoms with van der Waals surface area (Å²) in [6.07, 6.45) is 6.92. The first-order valence-corrected chi connectivity index (χ1v) is 8.77. The molecule has 0 aromatic carbocycles. The maximum Gasteiger partial charge on any atom is 0.226 e. The van der Waals surface area contributed by atoms with Gasteiger partial charge in [-0.25, -0.2) is 0 Å². The van der Waals surface area contributed by atoms with Crippen LogP contribution in [-0.4, -0.2) is 42.1 Å². The molecule has 2 aliphatic carbocycles. The first kappa shape index (κ1) is 15.3. The second-order valence-electron chi connectivity index (χ2n) is 7.39. The average molecular weight is 294 g/mol. The molecule has 2 N–H and O–H groups in total. The molecule has 120 valence electrons. The van der Waals surface area contributed by atoms with Crippen LogP contribution in [0.1, 0.15) is 52.4 Å². The molecule has 4 heteroatoms. The van der Waals surface area contributed by atoms with Crippen LogP contribution in [0, 0.1) is 17.8 Å². The quantitative estimate of drug-likeness (QED) is 0.849. The molecule has 0 aromatic rings. The van der Waals surface area contributed by atoms with Crippen LogP contribution in [-0.2, 0) is 9.53 Å². The number of carbonyl (C=O) groups is 1. The molecule has 4 nitrogen and oxygen atoms in total. The molecule has 0 spiro atoms. The number of carbonyl (C=O) groups excluding carboxylic acids is 1. The van der Waals surface area contributed by atoms with E-state index in [0.717, 1.165) is 25.8 Å². The van der Waals surface area contributed by atoms with Crippen molar-refractivity contribution in [1.29, 1.82) is 0 Å². The molecule has 0 radical (unpaired) electrons. The summed E-state index contributed by atoms with van der Waals surface area (Å²) in [5.74, 6) is 1.73. The normalized spacial score (nSPS) is 43.7. The zero-order valence-electron chi connectivity index (χ0n) is 13.5. The Balaban J connectivity index is 1.69. The number of rotatable bonds is 2. The molecule has 2 bridgehead atoms. The fourth-order valence-corrected chi connectivity index (χ4v) is 4.68. The number of nitrogens with two attached hydrogens (primary N) is 1. The highest BCUT2D eigenvalue weighted by Gasteiger charge is 2.43. The summed E-state index contributed by atoms with van der Waals surface area (Å²) in [5, 5.41) is 0. The third-order valence-corrected chi connectivity index (χ3v) is 5.98. The molecule has 1 aliphatic heterocycles. The number of morpholine rings is 1. The smallest absolute Gasteiger partial charge is 0.226 e. The molecular weight excluding hydrogens is 264 g/mol. The first-order chi connectivity index (χ1) is 10.1. The summed E-state index contributed by atoms with van der Waals surface area (Å²) in [5.41, 5.74) is 6.36. The van der Waals surface area contributed by atoms with Gasteiger partial charge in [0, 0.05) is 18.5 Å². The van der Waals surface area contributed by atoms with Crippen LogP contribution in [0.5, 0.6) is 0 Å². The van der Waals surface area contributed by atoms with E-state index in [4.69, 9.17) is 10.5 Å². The predicted octanol–water partition coefficient (Wildman–Crippen LogP) is 2.17. The van der Waals surface area contributed by atoms with Crippen molar-refractivity contribution < 1.29 is 9.53 Å². The van der Waals surface area contributed by atoms with Crippen molar-refractivity contribution in [1.82, 2.24) is 4.90 Å². The average Bonchev–Trinajstić information content (AvgIpc) is 2.46. The lowest BCUT2D eigenvalue weighted by Crippen LogP contribution is -2.55. The minimum absolute atomic E-state index is 0.169. The first-order valence-electron chi connectivity index (χ1n) is 8.77. The number of nitrogens with zero attached hydrogens (tertiary/aromatic N) is 1. The lowest BCUT2D eigenvalue weighted by Gasteiger charge is -2.46. The number of ether oxygens (including phenoxy) is 1. The van der Waals surface area contributed by atoms with E-state index in [0.29, 0.717) is 30.4 Å². The van der Waals surface area contributed by atoms with Crippen LogP contribution >= 0.6 is 0 Å². The van der Waals surface area contributed by atoms with Gasteiger partial charge in [0.25, 0.3) is 0 Å². The van der Waals surface area contributed by atoms with E-state index in [9.17, 15) is 4.79 Å². The Labute approximate surface area is 128 Å². The summed E-state index contributed by atoms with van der Waals surface area (Å²) in [6.45, 7) is 5.67. The van der Waals surface area contributed by atoms with Gasteiger partial charge in [-0.05, 0) is 50.9 Å². The standard InChI is InChI=1S/C17H30N2O2/c1-3-15-10-21-11(2)9-19(15)17(20)14-7-12-5-4-6-13(8-14)16(12)18/h11-16H,3-10,18H2,1-2H3. The molecule has 1 amide bonds. The van der Waals surface area contributed by atoms with Crippen LogP contribution < -0.4 is 5.73 Å². The number of fused-ring (bicyclic) bond motifs is 2. The summed E-state index contributed by atoms with van der Waals surface area (Å²) in [6, 6.07) is 0.609. The van der Waals surface area contributed by atoms with E-state index in [2.05, 4.69) is 18.7 Å². The van der Waals surface area contributed by atoms with Gasteiger partial charge < -0.3 is 15.4 Å². The van der Waals surface area contributed by atoms with Crippen LogP contribution in [0.2, 0.25) is 0 Å². The lowest BCUT2D eigenvalue weighted by atomic mass is 9.65. The van der Waals surface area contributed by atoms with Crippen LogP contribution in [0.25, 0.3) is 0 Å². The Kier molecular flexibility index (Phi) is 4.55. The Hall–Kier alpha value is -0.610. The van der Waals surface area contributed by atoms with Crippen molar-refractivity contribution in [3.8, 4) is 0 Å². The molecule has 3 fully saturated rings. The van der Waals surface area contributed by atoms with E-state index in [1.54, 1.807) is 0 Å². The zero-order chi connectivity index (χ0) is 15.0. The van der Waals surface area contributed by atoms with Crippen molar-refractivity contribution >= 4 is 5.91 Å². The van der Waals surface area contributed by atoms with E-state index < -0.39 is 0 Å². The molecule has 4 unspecified atom stereocenters. The Morgan fingerprint density at radius 3 is 2.57 bits per heavy atom. The van der Waals surface area contributed by atoms with Gasteiger partial charge in [-0.1, -0.05) is 13.3 Å². The van der Waals surface area contributed by atoms with Crippen molar-refractivity contribution in [2.75, 3.05) is 13.2 Å². The predicted molar refractivity (Wildman–Crippen MR) is 82.7 cm³/mol. The van der Waals surface area contributed by atoms with Crippen molar-refractivity contribution in [3.63, 3.8) is 0 Å². The third-order valence-electron chi connectivity index (χ3n) is 5.98. The number of hydrogen-bond donors (Lipinski definition) is 1. The molecule has 2 saturated carbocycles. The summed E-state index contributed by atoms with van der Waals surface area (Å²) in [7, 11) is 0. The Morgan fingerprint density at radius 2 is 1.95 bits per heavy atom. The third kappa shape index (κ3) is 2.98. The van der Waals surface area contributed by atoms with Crippen molar-refractivity contribution in [2.45, 2.75) is 70.6 Å². The minimum Gasteiger partial charge on any atom is -0.375 e. The van der Waals surface area contributed by atoms with Gasteiger partial charge in [0.1, 0.15) is 0 Å². The molecular formula is C17H30N2O2. The van der Waals surface area contributed by atoms with E-state index in [1.165, 1.54) is 19.3 Å². The lowest BCUT2D eigenvalue weighted by molar-refractivity contribution is -0.151. The minimum atomic E-state index is 0.169. The number of hydrogen-bond acceptors (Lipinski definition) is 3. The zero-order valence-corrected chi connectivity index (χ0v) is 13.5. The van der Waals surface area contributed by atoms with Gasteiger partial charge in [-0.3, -0.25) is 4.79 Å². The summed E-state index contributed by atoms with van der Waals surface area (Å²) in [4.78, 5) is 15.2. The molecule has 0 aromatic heterocycles. The van der Waals surface area contributed by atoms with Gasteiger partial charge in [-0.2, -0.15) is 0 Å². The van der Waals surface area contributed by atoms with Crippen molar-refractivity contribution in [2.24, 2.45) is 23.5 Å². The van der Waals surface area contributed by atoms with Crippen LogP contribution in [0.15, 0.2) is 0 Å². The molecule has 3 aliphatic rings. The fraction of sp³-hybridized carbons (Fsp3) is 0.941. The van der Waals surface area contributed by atoms with E-state index in [-0.39, 0.29) is 18.1 Å². The van der Waals surface area contributed by atoms with E-state index >= 15 is 0 Å². The second-order valence-corrected chi connectivity index (χ2v) is 7.39. The Morgan fingerprint density at radius 1 is 1.29 bits per heavy atom. The summed E-state index contributed by atoms with van der Waals surface area (Å²) < 4.78 is 5.73. The highest BCUT2D eigenvalue weighted by molar-refractivity contribution is 5.79. The van der Waals surface area contributed by atoms with Crippen LogP contribution in [0.4, 0.5) is 0 Å². The highest BCUT2D eigenvalue weighted by Crippen LogP contribution is 2.42. The maximum absolute atomic E-state index is 13.0. The number of amides is 1. The van der Waals surface area contributed by atoms with Gasteiger partial charge >= 0.3 is 0 Å². The van der Waals surface area contributed by atoms with E-state index in [1.807, 2.05) is 0 Å². The molecule has 4 atom stereocenters. The molecule has 3 rings (SSSR count). The topological polar surface area (TPSA) is 55.6 Å². The van der Waals surface area contributed by atoms with Crippen molar-refractivity contribution in [3.05, 3.63) is 0 Å².